The van der Waals surface area contributed by atoms with Crippen LogP contribution in [-0.2, 0) is 22.6 Å². The van der Waals surface area contributed by atoms with Crippen molar-refractivity contribution in [2.24, 2.45) is 0 Å². The fourth-order valence-corrected chi connectivity index (χ4v) is 4.04. The summed E-state index contributed by atoms with van der Waals surface area (Å²) in [6.07, 6.45) is 1.11. The maximum Gasteiger partial charge on any atom is 0.261 e. The first kappa shape index (κ1) is 27.9. The molecule has 0 saturated heterocycles. The van der Waals surface area contributed by atoms with Crippen LogP contribution in [0.1, 0.15) is 31.4 Å². The van der Waals surface area contributed by atoms with E-state index >= 15 is 0 Å². The first-order valence-corrected chi connectivity index (χ1v) is 12.9. The van der Waals surface area contributed by atoms with Crippen LogP contribution >= 0.6 is 34.8 Å². The van der Waals surface area contributed by atoms with E-state index in [0.717, 1.165) is 17.5 Å². The number of halogens is 3. The second-order valence-electron chi connectivity index (χ2n) is 8.54. The average molecular weight is 548 g/mol. The smallest absolute Gasteiger partial charge is 0.261 e. The Bertz CT molecular complexity index is 1160. The van der Waals surface area contributed by atoms with Gasteiger partial charge in [0.25, 0.3) is 5.91 Å². The lowest BCUT2D eigenvalue weighted by Gasteiger charge is -2.32. The summed E-state index contributed by atoms with van der Waals surface area (Å²) in [6, 6.07) is 20.7. The number of hydrogen-bond acceptors (Lipinski definition) is 3. The van der Waals surface area contributed by atoms with E-state index in [1.807, 2.05) is 44.2 Å². The number of hydrogen-bond donors (Lipinski definition) is 1. The van der Waals surface area contributed by atoms with Gasteiger partial charge in [-0.25, -0.2) is 0 Å². The summed E-state index contributed by atoms with van der Waals surface area (Å²) in [4.78, 5) is 28.6. The van der Waals surface area contributed by atoms with Crippen molar-refractivity contribution in [3.8, 4) is 5.75 Å². The number of carbonyl (C=O) groups is 2. The molecule has 0 aliphatic rings. The summed E-state index contributed by atoms with van der Waals surface area (Å²) in [7, 11) is 0. The van der Waals surface area contributed by atoms with Crippen molar-refractivity contribution in [1.82, 2.24) is 10.2 Å². The molecule has 1 N–H and O–H groups in total. The zero-order chi connectivity index (χ0) is 26.1. The Kier molecular flexibility index (Phi) is 10.5. The molecule has 3 rings (SSSR count). The van der Waals surface area contributed by atoms with Gasteiger partial charge in [0.1, 0.15) is 11.8 Å². The molecule has 0 aliphatic carbocycles. The van der Waals surface area contributed by atoms with Crippen LogP contribution < -0.4 is 10.1 Å². The van der Waals surface area contributed by atoms with E-state index in [2.05, 4.69) is 5.32 Å². The molecule has 0 bridgehead atoms. The van der Waals surface area contributed by atoms with E-state index in [-0.39, 0.29) is 31.0 Å². The quantitative estimate of drug-likeness (QED) is 0.295. The van der Waals surface area contributed by atoms with Gasteiger partial charge in [0.05, 0.1) is 10.0 Å². The maximum absolute atomic E-state index is 13.6. The zero-order valence-corrected chi connectivity index (χ0v) is 22.5. The second-order valence-corrected chi connectivity index (χ2v) is 9.79. The van der Waals surface area contributed by atoms with E-state index in [9.17, 15) is 9.59 Å². The minimum absolute atomic E-state index is 0.0389. The van der Waals surface area contributed by atoms with Gasteiger partial charge in [0, 0.05) is 24.0 Å². The van der Waals surface area contributed by atoms with Crippen LogP contribution in [0, 0.1) is 0 Å². The van der Waals surface area contributed by atoms with Crippen molar-refractivity contribution < 1.29 is 14.3 Å². The van der Waals surface area contributed by atoms with Crippen molar-refractivity contribution in [1.29, 1.82) is 0 Å². The second kappa shape index (κ2) is 13.5. The molecule has 2 atom stereocenters. The molecule has 36 heavy (non-hydrogen) atoms. The van der Waals surface area contributed by atoms with Crippen molar-refractivity contribution in [3.05, 3.63) is 99.0 Å². The van der Waals surface area contributed by atoms with Gasteiger partial charge in [0.2, 0.25) is 5.91 Å². The molecular weight excluding hydrogens is 519 g/mol. The highest BCUT2D eigenvalue weighted by atomic mass is 35.5. The molecule has 5 nitrogen and oxygen atoms in total. The summed E-state index contributed by atoms with van der Waals surface area (Å²) >= 11 is 18.3. The number of nitrogens with zero attached hydrogens (tertiary/aromatic N) is 1. The van der Waals surface area contributed by atoms with Crippen LogP contribution in [0.25, 0.3) is 0 Å². The van der Waals surface area contributed by atoms with Crippen LogP contribution in [-0.4, -0.2) is 35.4 Å². The van der Waals surface area contributed by atoms with Crippen molar-refractivity contribution >= 4 is 46.6 Å². The molecular formula is C28H29Cl3N2O3. The molecule has 0 heterocycles. The Morgan fingerprint density at radius 1 is 0.917 bits per heavy atom. The summed E-state index contributed by atoms with van der Waals surface area (Å²) < 4.78 is 5.74. The van der Waals surface area contributed by atoms with Gasteiger partial charge in [-0.2, -0.15) is 0 Å². The van der Waals surface area contributed by atoms with E-state index in [1.165, 1.54) is 0 Å². The third-order valence-corrected chi connectivity index (χ3v) is 6.78. The SMILES string of the molecule is CCC(C)NC(=O)C(Cc1ccccc1)N(Cc1ccc(Cl)c(Cl)c1)C(=O)COc1ccc(Cl)cc1. The number of carbonyl (C=O) groups excluding carboxylic acids is 2. The number of ether oxygens (including phenoxy) is 1. The Labute approximate surface area is 227 Å². The summed E-state index contributed by atoms with van der Waals surface area (Å²) in [6.45, 7) is 3.85. The zero-order valence-electron chi connectivity index (χ0n) is 20.2. The summed E-state index contributed by atoms with van der Waals surface area (Å²) in [5, 5.41) is 4.40. The van der Waals surface area contributed by atoms with Crippen LogP contribution in [0.3, 0.4) is 0 Å². The number of nitrogens with one attached hydrogen (secondary N) is 1. The molecule has 0 spiro atoms. The van der Waals surface area contributed by atoms with Gasteiger partial charge < -0.3 is 15.0 Å². The standard InChI is InChI=1S/C28H29Cl3N2O3/c1-3-19(2)32-28(35)26(16-20-7-5-4-6-8-20)33(17-21-9-14-24(30)25(31)15-21)27(34)18-36-23-12-10-22(29)11-13-23/h4-15,19,26H,3,16-18H2,1-2H3,(H,32,35). The number of benzene rings is 3. The molecule has 2 amide bonds. The molecule has 0 radical (unpaired) electrons. The fourth-order valence-electron chi connectivity index (χ4n) is 3.59. The number of amides is 2. The molecule has 0 saturated carbocycles. The minimum Gasteiger partial charge on any atom is -0.484 e. The van der Waals surface area contributed by atoms with Crippen LogP contribution in [0.5, 0.6) is 5.75 Å². The van der Waals surface area contributed by atoms with Gasteiger partial charge in [-0.05, 0) is 60.9 Å². The molecule has 8 heteroatoms. The van der Waals surface area contributed by atoms with E-state index in [0.29, 0.717) is 27.2 Å². The van der Waals surface area contributed by atoms with Crippen LogP contribution in [0.15, 0.2) is 72.8 Å². The third kappa shape index (κ3) is 8.16. The van der Waals surface area contributed by atoms with Crippen LogP contribution in [0.2, 0.25) is 15.1 Å². The van der Waals surface area contributed by atoms with Crippen molar-refractivity contribution in [2.45, 2.75) is 45.3 Å². The van der Waals surface area contributed by atoms with Gasteiger partial charge in [-0.3, -0.25) is 9.59 Å². The molecule has 3 aromatic carbocycles. The molecule has 0 aliphatic heterocycles. The monoisotopic (exact) mass is 546 g/mol. The van der Waals surface area contributed by atoms with Crippen molar-refractivity contribution in [2.75, 3.05) is 6.61 Å². The Morgan fingerprint density at radius 3 is 2.25 bits per heavy atom. The first-order valence-electron chi connectivity index (χ1n) is 11.7. The minimum atomic E-state index is -0.767. The van der Waals surface area contributed by atoms with Gasteiger partial charge in [-0.1, -0.05) is 78.1 Å². The third-order valence-electron chi connectivity index (χ3n) is 5.79. The Hall–Kier alpha value is -2.73. The molecule has 0 aromatic heterocycles. The normalized spacial score (nSPS) is 12.5. The first-order chi connectivity index (χ1) is 17.3. The molecule has 3 aromatic rings. The van der Waals surface area contributed by atoms with E-state index < -0.39 is 6.04 Å². The topological polar surface area (TPSA) is 58.6 Å². The van der Waals surface area contributed by atoms with E-state index in [4.69, 9.17) is 39.5 Å². The predicted molar refractivity (Wildman–Crippen MR) is 146 cm³/mol. The van der Waals surface area contributed by atoms with Gasteiger partial charge in [-0.15, -0.1) is 0 Å². The summed E-state index contributed by atoms with van der Waals surface area (Å²) in [5.74, 6) is -0.0599. The van der Waals surface area contributed by atoms with Crippen LogP contribution in [0.4, 0.5) is 0 Å². The van der Waals surface area contributed by atoms with Gasteiger partial charge >= 0.3 is 0 Å². The Morgan fingerprint density at radius 2 is 1.61 bits per heavy atom. The predicted octanol–water partition coefficient (Wildman–Crippen LogP) is 6.58. The molecule has 0 fully saturated rings. The number of rotatable bonds is 11. The molecule has 190 valence electrons. The van der Waals surface area contributed by atoms with E-state index in [1.54, 1.807) is 47.4 Å². The lowest BCUT2D eigenvalue weighted by atomic mass is 10.0. The largest absolute Gasteiger partial charge is 0.484 e. The maximum atomic E-state index is 13.6. The van der Waals surface area contributed by atoms with Gasteiger partial charge in [0.15, 0.2) is 6.61 Å². The highest BCUT2D eigenvalue weighted by molar-refractivity contribution is 6.42. The Balaban J connectivity index is 1.92. The lowest BCUT2D eigenvalue weighted by Crippen LogP contribution is -2.53. The highest BCUT2D eigenvalue weighted by Gasteiger charge is 2.31. The molecule has 2 unspecified atom stereocenters. The fraction of sp³-hybridized carbons (Fsp3) is 0.286. The summed E-state index contributed by atoms with van der Waals surface area (Å²) in [5.41, 5.74) is 1.69. The lowest BCUT2D eigenvalue weighted by molar-refractivity contribution is -0.143. The highest BCUT2D eigenvalue weighted by Crippen LogP contribution is 2.24. The average Bonchev–Trinajstić information content (AvgIpc) is 2.88. The van der Waals surface area contributed by atoms with Crippen molar-refractivity contribution in [3.63, 3.8) is 0 Å².